The lowest BCUT2D eigenvalue weighted by Crippen LogP contribution is -2.75. The molecule has 10 heterocycles. The highest BCUT2D eigenvalue weighted by Gasteiger charge is 2.56. The van der Waals surface area contributed by atoms with Crippen LogP contribution < -0.4 is 83.4 Å². The molecule has 31 rings (SSSR count). The van der Waals surface area contributed by atoms with Crippen molar-refractivity contribution in [2.45, 2.75) is 0 Å². The van der Waals surface area contributed by atoms with Crippen LogP contribution in [0.25, 0.3) is 161 Å². The van der Waals surface area contributed by atoms with Crippen LogP contribution >= 0.6 is 0 Å². The first-order valence-electron chi connectivity index (χ1n) is 50.8. The first kappa shape index (κ1) is 87.5. The van der Waals surface area contributed by atoms with E-state index in [1.54, 1.807) is 0 Å². The molecule has 0 amide bonds. The molecule has 0 saturated heterocycles. The van der Waals surface area contributed by atoms with Crippen LogP contribution in [0.15, 0.2) is 586 Å². The smallest absolute Gasteiger partial charge is 0.267 e. The summed E-state index contributed by atoms with van der Waals surface area (Å²) in [5, 5.41) is 28.1. The standard InChI is InChI=1S/C38H27NSi.2C34H22O2Si.C32H22OSi/c1-4-16-28(17-5-1)39-34-25-13-10-22-31(34)37-32-23-11-14-26-35(32)40(29-18-6-2-7-19-29,30-20-8-3-9-21-30)36-27-15-12-24-33(36)38(37)39;1-3-13-23(14-4-1)37(24-15-5-2-6-16-24)33-27-19-9-11-21-29(27)35-31(33)25-17-7-8-18-26(25)32-34(37)28-20-10-12-22-30(28)36-32;1-3-13-23(14-4-1)37(24-15-5-2-6-16-24)33-31(27-19-9-11-21-29(27)35-33)25-17-7-8-18-26(25)32-28-20-10-12-22-30(28)36-34(32)37;1-3-13-23(14-4-1)34(24-15-5-2-6-16-24)29-21-11-8-18-26(29)31-25-17-7-10-20-28(25)33-32(31)27-19-9-12-22-30(27)34/h1-27H;2*1-22H;1-22H. The van der Waals surface area contributed by atoms with Crippen LogP contribution in [0, 0.1) is 0 Å². The van der Waals surface area contributed by atoms with Gasteiger partial charge in [-0.05, 0) is 139 Å². The summed E-state index contributed by atoms with van der Waals surface area (Å²) in [6.45, 7) is 0. The van der Waals surface area contributed by atoms with Gasteiger partial charge in [-0.15, -0.1) is 0 Å². The van der Waals surface area contributed by atoms with Crippen molar-refractivity contribution >= 4 is 181 Å². The van der Waals surface area contributed by atoms with Gasteiger partial charge in [-0.3, -0.25) is 0 Å². The maximum atomic E-state index is 7.01. The minimum Gasteiger partial charge on any atom is -0.464 e. The average molecular weight is 1960 g/mol. The van der Waals surface area contributed by atoms with E-state index in [-0.39, 0.29) is 0 Å². The molecule has 696 valence electrons. The topological polar surface area (TPSA) is 70.6 Å². The number of nitrogens with zero attached hydrogens (tertiary/aromatic N) is 1. The molecule has 21 aromatic carbocycles. The lowest BCUT2D eigenvalue weighted by Gasteiger charge is -2.35. The summed E-state index contributed by atoms with van der Waals surface area (Å²) < 4.78 is 36.7. The van der Waals surface area contributed by atoms with Crippen molar-refractivity contribution in [3.8, 4) is 95.4 Å². The lowest BCUT2D eigenvalue weighted by atomic mass is 9.94. The number of hydrogen-bond donors (Lipinski definition) is 0. The molecule has 0 N–H and O–H groups in total. The molecule has 148 heavy (non-hydrogen) atoms. The van der Waals surface area contributed by atoms with E-state index in [1.165, 1.54) is 167 Å². The second-order valence-electron chi connectivity index (χ2n) is 38.6. The van der Waals surface area contributed by atoms with Gasteiger partial charge in [0.2, 0.25) is 0 Å². The highest BCUT2D eigenvalue weighted by Crippen LogP contribution is 2.50. The molecule has 6 aromatic heterocycles. The van der Waals surface area contributed by atoms with Crippen LogP contribution in [0.1, 0.15) is 0 Å². The van der Waals surface area contributed by atoms with E-state index in [0.717, 1.165) is 77.9 Å². The Kier molecular flexibility index (Phi) is 21.3. The zero-order chi connectivity index (χ0) is 97.9. The first-order valence-corrected chi connectivity index (χ1v) is 58.8. The van der Waals surface area contributed by atoms with Gasteiger partial charge in [0.15, 0.2) is 24.2 Å². The van der Waals surface area contributed by atoms with Crippen molar-refractivity contribution < 1.29 is 22.1 Å². The van der Waals surface area contributed by atoms with Crippen LogP contribution in [-0.4, -0.2) is 36.9 Å². The Morgan fingerprint density at radius 3 is 0.777 bits per heavy atom. The highest BCUT2D eigenvalue weighted by atomic mass is 28.3. The molecule has 0 spiro atoms. The Morgan fingerprint density at radius 2 is 0.392 bits per heavy atom. The second-order valence-corrected chi connectivity index (χ2v) is 53.3. The van der Waals surface area contributed by atoms with Gasteiger partial charge in [0, 0.05) is 87.3 Å². The Labute approximate surface area is 861 Å². The summed E-state index contributed by atoms with van der Waals surface area (Å²) >= 11 is 0. The number of furan rings is 5. The quantitative estimate of drug-likeness (QED) is 0.135. The Bertz CT molecular complexity index is 9370. The monoisotopic (exact) mass is 1960 g/mol. The summed E-state index contributed by atoms with van der Waals surface area (Å²) in [6.07, 6.45) is 0. The van der Waals surface area contributed by atoms with E-state index >= 15 is 0 Å². The predicted molar refractivity (Wildman–Crippen MR) is 624 cm³/mol. The van der Waals surface area contributed by atoms with Crippen LogP contribution in [0.5, 0.6) is 0 Å². The number of rotatable bonds is 9. The summed E-state index contributed by atoms with van der Waals surface area (Å²) in [5.41, 5.74) is 22.8. The second kappa shape index (κ2) is 35.9. The Hall–Kier alpha value is -18.3. The summed E-state index contributed by atoms with van der Waals surface area (Å²) in [7, 11) is -11.3. The maximum absolute atomic E-state index is 7.01. The normalized spacial score (nSPS) is 13.5. The number of fused-ring (bicyclic) bond motifs is 32. The highest BCUT2D eigenvalue weighted by molar-refractivity contribution is 7.24. The van der Waals surface area contributed by atoms with E-state index in [1.807, 2.05) is 0 Å². The van der Waals surface area contributed by atoms with Gasteiger partial charge in [0.05, 0.1) is 11.2 Å². The fourth-order valence-corrected chi connectivity index (χ4v) is 45.9. The molecule has 27 aromatic rings. The minimum absolute atomic E-state index is 0.908. The summed E-state index contributed by atoms with van der Waals surface area (Å²) in [4.78, 5) is 0. The van der Waals surface area contributed by atoms with Crippen LogP contribution in [0.3, 0.4) is 0 Å². The van der Waals surface area contributed by atoms with Gasteiger partial charge in [-0.2, -0.15) is 0 Å². The third kappa shape index (κ3) is 13.2. The molecule has 0 radical (unpaired) electrons. The van der Waals surface area contributed by atoms with Gasteiger partial charge >= 0.3 is 0 Å². The Balaban J connectivity index is 0.0000000953. The molecule has 0 unspecified atom stereocenters. The van der Waals surface area contributed by atoms with E-state index < -0.39 is 32.3 Å². The number of para-hydroxylation sites is 7. The number of hydrogen-bond acceptors (Lipinski definition) is 5. The molecule has 4 aliphatic heterocycles. The first-order chi connectivity index (χ1) is 73.5. The molecule has 0 fully saturated rings. The van der Waals surface area contributed by atoms with Crippen LogP contribution in [-0.2, 0) is 0 Å². The Morgan fingerprint density at radius 1 is 0.149 bits per heavy atom. The van der Waals surface area contributed by atoms with Crippen LogP contribution in [0.4, 0.5) is 0 Å². The predicted octanol–water partition coefficient (Wildman–Crippen LogP) is 24.5. The maximum Gasteiger partial charge on any atom is 0.267 e. The molecule has 0 bridgehead atoms. The van der Waals surface area contributed by atoms with Gasteiger partial charge < -0.3 is 26.7 Å². The van der Waals surface area contributed by atoms with Crippen molar-refractivity contribution in [2.75, 3.05) is 0 Å². The summed E-state index contributed by atoms with van der Waals surface area (Å²) in [6, 6.07) is 204. The fourth-order valence-electron chi connectivity index (χ4n) is 25.4. The molecule has 10 heteroatoms. The zero-order valence-electron chi connectivity index (χ0n) is 80.7. The van der Waals surface area contributed by atoms with E-state index in [9.17, 15) is 0 Å². The number of benzene rings is 21. The largest absolute Gasteiger partial charge is 0.464 e. The van der Waals surface area contributed by atoms with Gasteiger partial charge in [0.1, 0.15) is 56.0 Å². The molecule has 4 aliphatic rings. The lowest BCUT2D eigenvalue weighted by molar-refractivity contribution is 0.627. The summed E-state index contributed by atoms with van der Waals surface area (Å²) in [5.74, 6) is 2.88. The molecular weight excluding hydrogens is 1860 g/mol. The van der Waals surface area contributed by atoms with Gasteiger partial charge in [0.25, 0.3) is 8.07 Å². The van der Waals surface area contributed by atoms with Crippen molar-refractivity contribution in [3.63, 3.8) is 0 Å². The molecule has 0 atom stereocenters. The molecule has 6 nitrogen and oxygen atoms in total. The molecule has 0 aliphatic carbocycles. The van der Waals surface area contributed by atoms with E-state index in [2.05, 4.69) is 569 Å². The van der Waals surface area contributed by atoms with Crippen molar-refractivity contribution in [3.05, 3.63) is 564 Å². The fraction of sp³-hybridized carbons (Fsp3) is 0. The van der Waals surface area contributed by atoms with E-state index in [4.69, 9.17) is 22.1 Å². The molecule has 0 saturated carbocycles. The van der Waals surface area contributed by atoms with Crippen molar-refractivity contribution in [2.24, 2.45) is 0 Å². The third-order valence-electron chi connectivity index (χ3n) is 31.2. The third-order valence-corrected chi connectivity index (χ3v) is 50.3. The van der Waals surface area contributed by atoms with Crippen LogP contribution in [0.2, 0.25) is 0 Å². The van der Waals surface area contributed by atoms with E-state index in [0.29, 0.717) is 0 Å². The SMILES string of the molecule is c1ccc(-n2c3c(c4ccccc42)-c2ccccc2[Si](c2ccccc2)(c2ccccc2)c2ccccc2-3)cc1.c1ccc([Si]2(c3ccccc3)c3c(oc4ccccc34)-c3ccccc3-c3oc4ccccc4c32)cc1.c1ccc([Si]2(c3ccccc3)c3ccccc3-c3oc4ccccc4c3-c3ccccc32)cc1.c1ccc([Si]2(c3ccccc3)c3oc4ccccc4c3-c3ccccc3-c3c2oc2ccccc32)cc1. The van der Waals surface area contributed by atoms with Crippen molar-refractivity contribution in [1.82, 2.24) is 4.57 Å². The van der Waals surface area contributed by atoms with Gasteiger partial charge in [-0.25, -0.2) is 0 Å². The van der Waals surface area contributed by atoms with Crippen molar-refractivity contribution in [1.29, 1.82) is 0 Å². The average Bonchev–Trinajstić information content (AvgIpc) is 1.52. The minimum atomic E-state index is -3.02. The van der Waals surface area contributed by atoms with Gasteiger partial charge in [-0.1, -0.05) is 516 Å². The molecular formula is C138H93NO5Si4. The zero-order valence-corrected chi connectivity index (χ0v) is 84.7. The number of aromatic nitrogens is 1.